The summed E-state index contributed by atoms with van der Waals surface area (Å²) in [4.78, 5) is 3.93. The number of nitrogens with zero attached hydrogens (tertiary/aromatic N) is 2. The predicted octanol–water partition coefficient (Wildman–Crippen LogP) is 5.34. The Kier molecular flexibility index (Phi) is 8.06. The average Bonchev–Trinajstić information content (AvgIpc) is 2.80. The molecule has 3 aromatic rings. The van der Waals surface area contributed by atoms with Gasteiger partial charge in [-0.3, -0.25) is 5.01 Å². The van der Waals surface area contributed by atoms with E-state index in [-0.39, 0.29) is 25.1 Å². The van der Waals surface area contributed by atoms with E-state index in [9.17, 15) is 27.1 Å². The topological polar surface area (TPSA) is 57.6 Å². The molecule has 3 rings (SSSR count). The highest BCUT2D eigenvalue weighted by Crippen LogP contribution is 2.42. The first kappa shape index (κ1) is 25.4. The van der Waals surface area contributed by atoms with Crippen LogP contribution in [0.3, 0.4) is 0 Å². The van der Waals surface area contributed by atoms with Crippen LogP contribution in [0.1, 0.15) is 24.5 Å². The van der Waals surface area contributed by atoms with Gasteiger partial charge in [-0.1, -0.05) is 19.1 Å². The predicted molar refractivity (Wildman–Crippen MR) is 118 cm³/mol. The number of halogens is 5. The summed E-state index contributed by atoms with van der Waals surface area (Å²) >= 11 is 0. The fraction of sp³-hybridized carbons (Fsp3) is 0.292. The molecule has 10 heteroatoms. The number of aliphatic hydroxyl groups excluding tert-OH is 1. The molecule has 0 aliphatic heterocycles. The van der Waals surface area contributed by atoms with E-state index < -0.39 is 40.9 Å². The van der Waals surface area contributed by atoms with Gasteiger partial charge in [0.05, 0.1) is 19.8 Å². The molecule has 1 atom stereocenters. The maximum Gasteiger partial charge on any atom is 0.420 e. The van der Waals surface area contributed by atoms with E-state index in [0.717, 1.165) is 29.4 Å². The highest BCUT2D eigenvalue weighted by Gasteiger charge is 2.39. The molecule has 2 N–H and O–H groups in total. The molecule has 0 saturated heterocycles. The van der Waals surface area contributed by atoms with Gasteiger partial charge in [-0.25, -0.2) is 19.2 Å². The fourth-order valence-corrected chi connectivity index (χ4v) is 3.42. The van der Waals surface area contributed by atoms with Gasteiger partial charge >= 0.3 is 6.18 Å². The van der Waals surface area contributed by atoms with Crippen LogP contribution in [0.4, 0.5) is 27.8 Å². The number of hydrogen-bond donors (Lipinski definition) is 2. The lowest BCUT2D eigenvalue weighted by Crippen LogP contribution is -2.44. The van der Waals surface area contributed by atoms with Crippen LogP contribution in [0.2, 0.25) is 0 Å². The van der Waals surface area contributed by atoms with E-state index in [4.69, 9.17) is 4.74 Å². The largest absolute Gasteiger partial charge is 0.497 e. The first-order valence-corrected chi connectivity index (χ1v) is 10.5. The summed E-state index contributed by atoms with van der Waals surface area (Å²) in [6, 6.07) is 10.2. The van der Waals surface area contributed by atoms with Crippen molar-refractivity contribution in [2.75, 3.05) is 18.7 Å². The Balaban J connectivity index is 2.08. The summed E-state index contributed by atoms with van der Waals surface area (Å²) in [6.07, 6.45) is -4.46. The van der Waals surface area contributed by atoms with Crippen LogP contribution in [0, 0.1) is 11.6 Å². The molecule has 182 valence electrons. The van der Waals surface area contributed by atoms with Gasteiger partial charge in [0.2, 0.25) is 0 Å². The van der Waals surface area contributed by atoms with Crippen molar-refractivity contribution in [3.8, 4) is 16.9 Å². The highest BCUT2D eigenvalue weighted by molar-refractivity contribution is 5.73. The summed E-state index contributed by atoms with van der Waals surface area (Å²) in [7, 11) is 1.50. The molecule has 1 heterocycles. The molecule has 0 saturated carbocycles. The van der Waals surface area contributed by atoms with Crippen LogP contribution in [0.25, 0.3) is 11.1 Å². The van der Waals surface area contributed by atoms with Gasteiger partial charge in [0.15, 0.2) is 5.82 Å². The second kappa shape index (κ2) is 10.8. The van der Waals surface area contributed by atoms with Crippen molar-refractivity contribution < 1.29 is 31.8 Å². The van der Waals surface area contributed by atoms with Crippen molar-refractivity contribution in [1.29, 1.82) is 0 Å². The van der Waals surface area contributed by atoms with Gasteiger partial charge < -0.3 is 9.84 Å². The molecule has 0 radical (unpaired) electrons. The average molecular weight is 481 g/mol. The Morgan fingerprint density at radius 3 is 2.41 bits per heavy atom. The Bertz CT molecular complexity index is 1100. The summed E-state index contributed by atoms with van der Waals surface area (Å²) < 4.78 is 75.6. The molecule has 0 fully saturated rings. The van der Waals surface area contributed by atoms with Crippen molar-refractivity contribution >= 4 is 5.82 Å². The van der Waals surface area contributed by atoms with Crippen LogP contribution >= 0.6 is 0 Å². The third-order valence-corrected chi connectivity index (χ3v) is 5.12. The summed E-state index contributed by atoms with van der Waals surface area (Å²) in [6.45, 7) is 1.58. The first-order valence-electron chi connectivity index (χ1n) is 10.5. The molecule has 1 unspecified atom stereocenters. The van der Waals surface area contributed by atoms with Crippen LogP contribution in [0.5, 0.6) is 5.75 Å². The highest BCUT2D eigenvalue weighted by atomic mass is 19.4. The lowest BCUT2D eigenvalue weighted by molar-refractivity contribution is -0.136. The van der Waals surface area contributed by atoms with Crippen molar-refractivity contribution in [2.45, 2.75) is 32.2 Å². The zero-order chi connectivity index (χ0) is 24.9. The first-order chi connectivity index (χ1) is 16.1. The van der Waals surface area contributed by atoms with E-state index in [2.05, 4.69) is 10.4 Å². The number of benzene rings is 2. The molecule has 0 bridgehead atoms. The molecular weight excluding hydrogens is 457 g/mol. The van der Waals surface area contributed by atoms with Crippen molar-refractivity contribution in [3.05, 3.63) is 77.5 Å². The maximum absolute atomic E-state index is 14.3. The zero-order valence-corrected chi connectivity index (χ0v) is 18.5. The van der Waals surface area contributed by atoms with E-state index in [1.165, 1.54) is 7.11 Å². The van der Waals surface area contributed by atoms with E-state index in [1.807, 2.05) is 0 Å². The second-order valence-electron chi connectivity index (χ2n) is 7.57. The molecular formula is C24H24F5N3O2. The third-order valence-electron chi connectivity index (χ3n) is 5.12. The number of anilines is 1. The summed E-state index contributed by atoms with van der Waals surface area (Å²) in [5.41, 5.74) is 1.71. The Morgan fingerprint density at radius 2 is 1.79 bits per heavy atom. The Hall–Kier alpha value is -3.24. The molecule has 34 heavy (non-hydrogen) atoms. The van der Waals surface area contributed by atoms with Crippen LogP contribution < -0.4 is 15.2 Å². The van der Waals surface area contributed by atoms with Crippen LogP contribution in [-0.4, -0.2) is 29.8 Å². The third kappa shape index (κ3) is 6.21. The molecule has 0 aliphatic rings. The molecule has 2 aromatic carbocycles. The van der Waals surface area contributed by atoms with Gasteiger partial charge in [0.25, 0.3) is 0 Å². The molecule has 0 amide bonds. The Morgan fingerprint density at radius 1 is 1.09 bits per heavy atom. The van der Waals surface area contributed by atoms with Crippen LogP contribution in [-0.2, 0) is 12.7 Å². The number of aromatic nitrogens is 1. The molecule has 5 nitrogen and oxygen atoms in total. The van der Waals surface area contributed by atoms with Gasteiger partial charge in [-0.05, 0) is 53.4 Å². The smallest absolute Gasteiger partial charge is 0.420 e. The SMILES string of the molecule is CCC(O)CN(NCc1cccc(OC)c1)c1nccc(-c2cc(F)cc(F)c2)c1C(F)(F)F. The number of alkyl halides is 3. The quantitative estimate of drug-likeness (QED) is 0.319. The minimum absolute atomic E-state index is 0.103. The molecule has 1 aromatic heterocycles. The number of hydrazine groups is 1. The van der Waals surface area contributed by atoms with Gasteiger partial charge in [0.1, 0.15) is 22.9 Å². The number of nitrogens with one attached hydrogen (secondary N) is 1. The fourth-order valence-electron chi connectivity index (χ4n) is 3.42. The normalized spacial score (nSPS) is 12.5. The van der Waals surface area contributed by atoms with Crippen molar-refractivity contribution in [3.63, 3.8) is 0 Å². The number of hydrogen-bond acceptors (Lipinski definition) is 5. The number of ether oxygens (including phenoxy) is 1. The number of pyridine rings is 1. The zero-order valence-electron chi connectivity index (χ0n) is 18.5. The Labute approximate surface area is 193 Å². The summed E-state index contributed by atoms with van der Waals surface area (Å²) in [5.74, 6) is -1.96. The minimum Gasteiger partial charge on any atom is -0.497 e. The van der Waals surface area contributed by atoms with Gasteiger partial charge in [-0.2, -0.15) is 13.2 Å². The van der Waals surface area contributed by atoms with E-state index in [0.29, 0.717) is 17.4 Å². The monoisotopic (exact) mass is 481 g/mol. The lowest BCUT2D eigenvalue weighted by atomic mass is 10.00. The molecule has 0 spiro atoms. The van der Waals surface area contributed by atoms with Gasteiger partial charge in [-0.15, -0.1) is 0 Å². The lowest BCUT2D eigenvalue weighted by Gasteiger charge is -2.30. The second-order valence-corrected chi connectivity index (χ2v) is 7.57. The van der Waals surface area contributed by atoms with Crippen molar-refractivity contribution in [2.24, 2.45) is 0 Å². The number of rotatable bonds is 9. The van der Waals surface area contributed by atoms with E-state index >= 15 is 0 Å². The summed E-state index contributed by atoms with van der Waals surface area (Å²) in [5, 5.41) is 11.3. The number of methoxy groups -OCH3 is 1. The van der Waals surface area contributed by atoms with Crippen molar-refractivity contribution in [1.82, 2.24) is 10.4 Å². The minimum atomic E-state index is -4.91. The standard InChI is InChI=1S/C24H24F5N3O2/c1-3-19(33)14-32(31-13-15-5-4-6-20(9-15)34-2)23-22(24(27,28)29)21(7-8-30-23)16-10-17(25)12-18(26)11-16/h4-12,19,31,33H,3,13-14H2,1-2H3. The maximum atomic E-state index is 14.3. The van der Waals surface area contributed by atoms with Crippen LogP contribution in [0.15, 0.2) is 54.7 Å². The van der Waals surface area contributed by atoms with E-state index in [1.54, 1.807) is 31.2 Å². The number of aliphatic hydroxyl groups is 1. The van der Waals surface area contributed by atoms with Gasteiger partial charge in [0, 0.05) is 18.8 Å². The molecule has 0 aliphatic carbocycles.